The smallest absolute Gasteiger partial charge is 0.260 e. The monoisotopic (exact) mass is 580 g/mol. The summed E-state index contributed by atoms with van der Waals surface area (Å²) in [5.41, 5.74) is 1.23. The van der Waals surface area contributed by atoms with Gasteiger partial charge >= 0.3 is 0 Å². The van der Waals surface area contributed by atoms with Crippen molar-refractivity contribution in [2.45, 2.75) is 50.5 Å². The Labute approximate surface area is 236 Å². The molecule has 1 aliphatic heterocycles. The zero-order valence-electron chi connectivity index (χ0n) is 22.4. The molecule has 0 N–H and O–H groups in total. The van der Waals surface area contributed by atoms with Gasteiger partial charge in [0.25, 0.3) is 5.91 Å². The van der Waals surface area contributed by atoms with Crippen LogP contribution in [0.4, 0.5) is 5.13 Å². The molecule has 208 valence electrons. The summed E-state index contributed by atoms with van der Waals surface area (Å²) in [5, 5.41) is 0.603. The van der Waals surface area contributed by atoms with Gasteiger partial charge in [-0.3, -0.25) is 9.69 Å². The normalized spacial score (nSPS) is 16.4. The summed E-state index contributed by atoms with van der Waals surface area (Å²) in [6.45, 7) is 6.20. The van der Waals surface area contributed by atoms with E-state index in [1.54, 1.807) is 33.5 Å². The van der Waals surface area contributed by atoms with Gasteiger partial charge in [-0.25, -0.2) is 13.4 Å². The van der Waals surface area contributed by atoms with Crippen molar-refractivity contribution in [2.24, 2.45) is 0 Å². The van der Waals surface area contributed by atoms with Gasteiger partial charge in [0.2, 0.25) is 10.0 Å². The number of likely N-dealkylation sites (N-methyl/N-ethyl adjacent to an activating group) is 1. The summed E-state index contributed by atoms with van der Waals surface area (Å²) >= 11 is 1.44. The molecular formula is C27H37ClN4O4S2. The molecule has 1 aromatic heterocycles. The van der Waals surface area contributed by atoms with Crippen LogP contribution in [-0.4, -0.2) is 74.9 Å². The van der Waals surface area contributed by atoms with E-state index < -0.39 is 10.0 Å². The second kappa shape index (κ2) is 13.2. The molecule has 0 radical (unpaired) electrons. The molecule has 0 spiro atoms. The number of aromatic nitrogens is 1. The van der Waals surface area contributed by atoms with Crippen LogP contribution in [0.5, 0.6) is 5.75 Å². The SMILES string of the molecule is CCOc1ccc2nc(N(CCN(C)C)C(=O)c3ccc(S(=O)(=O)N4CCCCC4CC)cc3)sc2c1.Cl. The molecule has 11 heteroatoms. The number of benzene rings is 2. The molecule has 0 aliphatic carbocycles. The number of sulfonamides is 1. The van der Waals surface area contributed by atoms with Gasteiger partial charge in [-0.05, 0) is 82.7 Å². The number of fused-ring (bicyclic) bond motifs is 1. The zero-order valence-corrected chi connectivity index (χ0v) is 24.9. The van der Waals surface area contributed by atoms with Crippen LogP contribution in [-0.2, 0) is 10.0 Å². The third kappa shape index (κ3) is 6.66. The van der Waals surface area contributed by atoms with Crippen molar-refractivity contribution in [1.29, 1.82) is 0 Å². The van der Waals surface area contributed by atoms with Crippen molar-refractivity contribution >= 4 is 55.0 Å². The number of anilines is 1. The number of rotatable bonds is 10. The molecular weight excluding hydrogens is 544 g/mol. The van der Waals surface area contributed by atoms with Crippen molar-refractivity contribution in [3.05, 3.63) is 48.0 Å². The Morgan fingerprint density at radius 1 is 1.11 bits per heavy atom. The number of nitrogens with zero attached hydrogens (tertiary/aromatic N) is 4. The van der Waals surface area contributed by atoms with E-state index in [2.05, 4.69) is 0 Å². The summed E-state index contributed by atoms with van der Waals surface area (Å²) in [6, 6.07) is 12.1. The fourth-order valence-corrected chi connectivity index (χ4v) is 7.39. The van der Waals surface area contributed by atoms with Crippen molar-refractivity contribution in [1.82, 2.24) is 14.2 Å². The predicted octanol–water partition coefficient (Wildman–Crippen LogP) is 5.28. The van der Waals surface area contributed by atoms with E-state index in [4.69, 9.17) is 9.72 Å². The van der Waals surface area contributed by atoms with Crippen molar-refractivity contribution in [2.75, 3.05) is 45.2 Å². The summed E-state index contributed by atoms with van der Waals surface area (Å²) in [5.74, 6) is 0.562. The highest BCUT2D eigenvalue weighted by Gasteiger charge is 2.32. The Hall–Kier alpha value is -2.24. The molecule has 2 heterocycles. The van der Waals surface area contributed by atoms with Crippen LogP contribution in [0, 0.1) is 0 Å². The van der Waals surface area contributed by atoms with Crippen LogP contribution >= 0.6 is 23.7 Å². The van der Waals surface area contributed by atoms with Crippen molar-refractivity contribution in [3.63, 3.8) is 0 Å². The summed E-state index contributed by atoms with van der Waals surface area (Å²) in [4.78, 5) is 22.3. The van der Waals surface area contributed by atoms with E-state index in [9.17, 15) is 13.2 Å². The topological polar surface area (TPSA) is 83.0 Å². The van der Waals surface area contributed by atoms with Crippen molar-refractivity contribution in [3.8, 4) is 5.75 Å². The number of carbonyl (C=O) groups is 1. The van der Waals surface area contributed by atoms with Gasteiger partial charge in [0.15, 0.2) is 5.13 Å². The van der Waals surface area contributed by atoms with Gasteiger partial charge in [-0.15, -0.1) is 12.4 Å². The van der Waals surface area contributed by atoms with Crippen LogP contribution in [0.25, 0.3) is 10.2 Å². The number of amides is 1. The minimum Gasteiger partial charge on any atom is -0.494 e. The molecule has 8 nitrogen and oxygen atoms in total. The molecule has 4 rings (SSSR count). The lowest BCUT2D eigenvalue weighted by atomic mass is 10.0. The standard InChI is InChI=1S/C27H36N4O4S2.ClH/c1-5-21-9-7-8-16-31(21)37(33,34)23-13-10-20(11-14-23)26(32)30(18-17-29(3)4)27-28-24-15-12-22(35-6-2)19-25(24)36-27;/h10-15,19,21H,5-9,16-18H2,1-4H3;1H. The highest BCUT2D eigenvalue weighted by molar-refractivity contribution is 7.89. The van der Waals surface area contributed by atoms with E-state index in [0.717, 1.165) is 41.6 Å². The van der Waals surface area contributed by atoms with Gasteiger partial charge in [0, 0.05) is 31.2 Å². The Morgan fingerprint density at radius 3 is 2.50 bits per heavy atom. The summed E-state index contributed by atoms with van der Waals surface area (Å²) in [7, 11) is 0.309. The van der Waals surface area contributed by atoms with Crippen LogP contribution in [0.2, 0.25) is 0 Å². The number of halogens is 1. The average molecular weight is 581 g/mol. The zero-order chi connectivity index (χ0) is 26.6. The number of carbonyl (C=O) groups excluding carboxylic acids is 1. The lowest BCUT2D eigenvalue weighted by Crippen LogP contribution is -2.43. The van der Waals surface area contributed by atoms with E-state index in [-0.39, 0.29) is 29.3 Å². The number of ether oxygens (including phenoxy) is 1. The third-order valence-electron chi connectivity index (χ3n) is 6.66. The van der Waals surface area contributed by atoms with Gasteiger partial charge in [-0.2, -0.15) is 4.31 Å². The first kappa shape index (κ1) is 30.3. The molecule has 1 aliphatic rings. The molecule has 1 amide bonds. The quantitative estimate of drug-likeness (QED) is 0.324. The fourth-order valence-electron chi connectivity index (χ4n) is 4.61. The largest absolute Gasteiger partial charge is 0.494 e. The van der Waals surface area contributed by atoms with E-state index in [1.165, 1.54) is 11.3 Å². The van der Waals surface area contributed by atoms with Crippen LogP contribution in [0.1, 0.15) is 49.9 Å². The van der Waals surface area contributed by atoms with Gasteiger partial charge in [0.05, 0.1) is 21.7 Å². The third-order valence-corrected chi connectivity index (χ3v) is 9.67. The lowest BCUT2D eigenvalue weighted by Gasteiger charge is -2.34. The maximum atomic E-state index is 13.7. The molecule has 0 bridgehead atoms. The second-order valence-electron chi connectivity index (χ2n) is 9.52. The van der Waals surface area contributed by atoms with E-state index >= 15 is 0 Å². The maximum Gasteiger partial charge on any atom is 0.260 e. The highest BCUT2D eigenvalue weighted by Crippen LogP contribution is 2.33. The molecule has 1 unspecified atom stereocenters. The first-order valence-corrected chi connectivity index (χ1v) is 15.1. The van der Waals surface area contributed by atoms with E-state index in [1.807, 2.05) is 51.0 Å². The maximum absolute atomic E-state index is 13.7. The molecule has 2 aromatic carbocycles. The van der Waals surface area contributed by atoms with Crippen LogP contribution in [0.3, 0.4) is 0 Å². The molecule has 38 heavy (non-hydrogen) atoms. The molecule has 3 aromatic rings. The average Bonchev–Trinajstić information content (AvgIpc) is 3.31. The fraction of sp³-hybridized carbons (Fsp3) is 0.481. The van der Waals surface area contributed by atoms with Crippen LogP contribution in [0.15, 0.2) is 47.4 Å². The summed E-state index contributed by atoms with van der Waals surface area (Å²) < 4.78 is 34.9. The number of hydrogen-bond donors (Lipinski definition) is 0. The Balaban J connectivity index is 0.00000400. The first-order chi connectivity index (χ1) is 17.7. The minimum atomic E-state index is -3.61. The predicted molar refractivity (Wildman–Crippen MR) is 157 cm³/mol. The number of thiazole rings is 1. The van der Waals surface area contributed by atoms with Gasteiger partial charge in [-0.1, -0.05) is 24.7 Å². The Kier molecular flexibility index (Phi) is 10.5. The van der Waals surface area contributed by atoms with Crippen LogP contribution < -0.4 is 9.64 Å². The van der Waals surface area contributed by atoms with E-state index in [0.29, 0.717) is 36.9 Å². The van der Waals surface area contributed by atoms with Gasteiger partial charge in [0.1, 0.15) is 5.75 Å². The number of hydrogen-bond acceptors (Lipinski definition) is 7. The first-order valence-electron chi connectivity index (χ1n) is 12.9. The number of piperidine rings is 1. The lowest BCUT2D eigenvalue weighted by molar-refractivity contribution is 0.0985. The van der Waals surface area contributed by atoms with Crippen molar-refractivity contribution < 1.29 is 17.9 Å². The molecule has 1 saturated heterocycles. The van der Waals surface area contributed by atoms with Gasteiger partial charge < -0.3 is 9.64 Å². The minimum absolute atomic E-state index is 0. The molecule has 1 fully saturated rings. The Bertz CT molecular complexity index is 1330. The highest BCUT2D eigenvalue weighted by atomic mass is 35.5. The Morgan fingerprint density at radius 2 is 1.84 bits per heavy atom. The summed E-state index contributed by atoms with van der Waals surface area (Å²) in [6.07, 6.45) is 3.62. The second-order valence-corrected chi connectivity index (χ2v) is 12.4. The molecule has 0 saturated carbocycles. The molecule has 1 atom stereocenters.